The molecule has 2 aromatic carbocycles. The van der Waals surface area contributed by atoms with E-state index in [9.17, 15) is 18.0 Å². The van der Waals surface area contributed by atoms with Crippen molar-refractivity contribution in [2.75, 3.05) is 12.4 Å². The number of nitrogens with one attached hydrogen (secondary N) is 1. The molecule has 1 N–H and O–H groups in total. The van der Waals surface area contributed by atoms with Crippen LogP contribution in [0.3, 0.4) is 0 Å². The molecular formula is C28H36F3NO3. The second-order valence-electron chi connectivity index (χ2n) is 10.3. The molecule has 2 aromatic rings. The lowest BCUT2D eigenvalue weighted by molar-refractivity contribution is -0.179. The van der Waals surface area contributed by atoms with Crippen LogP contribution in [0.25, 0.3) is 0 Å². The van der Waals surface area contributed by atoms with Crippen LogP contribution in [0, 0.1) is 17.8 Å². The molecule has 1 aliphatic carbocycles. The van der Waals surface area contributed by atoms with Crippen LogP contribution in [-0.4, -0.2) is 31.4 Å². The van der Waals surface area contributed by atoms with E-state index < -0.39 is 30.2 Å². The Hall–Kier alpha value is -2.70. The summed E-state index contributed by atoms with van der Waals surface area (Å²) in [6.07, 6.45) is -2.60. The van der Waals surface area contributed by atoms with E-state index >= 15 is 0 Å². The normalized spacial score (nSPS) is 22.7. The van der Waals surface area contributed by atoms with E-state index in [1.54, 1.807) is 12.1 Å². The average Bonchev–Trinajstić information content (AvgIpc) is 2.82. The van der Waals surface area contributed by atoms with Crippen LogP contribution in [-0.2, 0) is 14.9 Å². The Labute approximate surface area is 206 Å². The topological polar surface area (TPSA) is 47.6 Å². The van der Waals surface area contributed by atoms with Crippen molar-refractivity contribution in [2.45, 2.75) is 70.7 Å². The van der Waals surface area contributed by atoms with Gasteiger partial charge in [0.1, 0.15) is 17.9 Å². The van der Waals surface area contributed by atoms with Crippen molar-refractivity contribution in [3.63, 3.8) is 0 Å². The number of halogens is 3. The van der Waals surface area contributed by atoms with Crippen LogP contribution in [0.15, 0.2) is 54.6 Å². The predicted molar refractivity (Wildman–Crippen MR) is 131 cm³/mol. The van der Waals surface area contributed by atoms with E-state index in [0.717, 1.165) is 18.4 Å². The van der Waals surface area contributed by atoms with Gasteiger partial charge in [-0.3, -0.25) is 4.79 Å². The van der Waals surface area contributed by atoms with E-state index in [-0.39, 0.29) is 17.0 Å². The molecule has 1 aliphatic rings. The summed E-state index contributed by atoms with van der Waals surface area (Å²) in [5.41, 5.74) is 1.09. The van der Waals surface area contributed by atoms with Crippen molar-refractivity contribution in [3.05, 3.63) is 60.2 Å². The van der Waals surface area contributed by atoms with Crippen molar-refractivity contribution in [1.29, 1.82) is 0 Å². The number of anilines is 1. The molecule has 0 saturated heterocycles. The highest BCUT2D eigenvalue weighted by molar-refractivity contribution is 5.74. The predicted octanol–water partition coefficient (Wildman–Crippen LogP) is 7.00. The maximum atomic E-state index is 14.0. The quantitative estimate of drug-likeness (QED) is 0.404. The summed E-state index contributed by atoms with van der Waals surface area (Å²) in [4.78, 5) is 13.1. The first kappa shape index (κ1) is 26.9. The van der Waals surface area contributed by atoms with Gasteiger partial charge in [0.15, 0.2) is 0 Å². The molecule has 35 heavy (non-hydrogen) atoms. The first-order valence-corrected chi connectivity index (χ1v) is 12.2. The number of alkyl halides is 3. The largest absolute Gasteiger partial charge is 0.497 e. The van der Waals surface area contributed by atoms with Crippen molar-refractivity contribution in [1.82, 2.24) is 0 Å². The lowest BCUT2D eigenvalue weighted by Crippen LogP contribution is -2.48. The maximum Gasteiger partial charge on any atom is 0.409 e. The van der Waals surface area contributed by atoms with Crippen LogP contribution in [0.2, 0.25) is 0 Å². The Balaban J connectivity index is 1.79. The van der Waals surface area contributed by atoms with Gasteiger partial charge < -0.3 is 14.8 Å². The van der Waals surface area contributed by atoms with E-state index in [4.69, 9.17) is 9.47 Å². The third kappa shape index (κ3) is 6.50. The van der Waals surface area contributed by atoms with E-state index in [1.165, 1.54) is 26.2 Å². The minimum atomic E-state index is -4.64. The second kappa shape index (κ2) is 10.9. The number of carbonyl (C=O) groups excluding carboxylic acids is 1. The summed E-state index contributed by atoms with van der Waals surface area (Å²) in [5.74, 6) is -1.38. The maximum absolute atomic E-state index is 14.0. The molecule has 1 saturated carbocycles. The fraction of sp³-hybridized carbons (Fsp3) is 0.536. The highest BCUT2D eigenvalue weighted by Crippen LogP contribution is 2.44. The van der Waals surface area contributed by atoms with E-state index in [0.29, 0.717) is 18.1 Å². The summed E-state index contributed by atoms with van der Waals surface area (Å²) >= 11 is 0. The Bertz CT molecular complexity index is 960. The molecule has 0 aromatic heterocycles. The highest BCUT2D eigenvalue weighted by atomic mass is 19.4. The van der Waals surface area contributed by atoms with E-state index in [1.807, 2.05) is 18.2 Å². The van der Waals surface area contributed by atoms with Gasteiger partial charge in [0.25, 0.3) is 0 Å². The summed E-state index contributed by atoms with van der Waals surface area (Å²) < 4.78 is 52.9. The van der Waals surface area contributed by atoms with Gasteiger partial charge in [0, 0.05) is 11.6 Å². The summed E-state index contributed by atoms with van der Waals surface area (Å²) in [6, 6.07) is 14.1. The number of esters is 1. The van der Waals surface area contributed by atoms with Crippen LogP contribution in [0.4, 0.5) is 18.9 Å². The third-order valence-corrected chi connectivity index (χ3v) is 7.40. The molecule has 0 aliphatic heterocycles. The zero-order valence-electron chi connectivity index (χ0n) is 21.1. The third-order valence-electron chi connectivity index (χ3n) is 7.40. The average molecular weight is 492 g/mol. The molecule has 4 nitrogen and oxygen atoms in total. The Morgan fingerprint density at radius 1 is 1.03 bits per heavy atom. The van der Waals surface area contributed by atoms with Gasteiger partial charge in [0.2, 0.25) is 0 Å². The Kier molecular flexibility index (Phi) is 8.39. The zero-order chi connectivity index (χ0) is 25.8. The monoisotopic (exact) mass is 491 g/mol. The number of benzene rings is 2. The van der Waals surface area contributed by atoms with E-state index in [2.05, 4.69) is 38.2 Å². The summed E-state index contributed by atoms with van der Waals surface area (Å²) in [7, 11) is 1.48. The fourth-order valence-corrected chi connectivity index (χ4v) is 5.12. The molecule has 0 bridgehead atoms. The molecule has 0 amide bonds. The first-order valence-electron chi connectivity index (χ1n) is 12.2. The smallest absolute Gasteiger partial charge is 0.409 e. The van der Waals surface area contributed by atoms with Crippen LogP contribution >= 0.6 is 0 Å². The number of hydrogen-bond donors (Lipinski definition) is 1. The molecular weight excluding hydrogens is 455 g/mol. The van der Waals surface area contributed by atoms with Gasteiger partial charge in [-0.25, -0.2) is 0 Å². The summed E-state index contributed by atoms with van der Waals surface area (Å²) in [6.45, 7) is 7.62. The molecule has 1 fully saturated rings. The van der Waals surface area contributed by atoms with Gasteiger partial charge in [-0.05, 0) is 60.9 Å². The summed E-state index contributed by atoms with van der Waals surface area (Å²) in [5, 5.41) is 2.48. The van der Waals surface area contributed by atoms with Gasteiger partial charge in [-0.2, -0.15) is 13.2 Å². The number of carbonyl (C=O) groups is 1. The van der Waals surface area contributed by atoms with Gasteiger partial charge in [0.05, 0.1) is 13.0 Å². The molecule has 3 rings (SSSR count). The van der Waals surface area contributed by atoms with Gasteiger partial charge in [-0.1, -0.05) is 57.5 Å². The molecule has 0 spiro atoms. The highest BCUT2D eigenvalue weighted by Gasteiger charge is 2.48. The molecule has 0 radical (unpaired) electrons. The minimum Gasteiger partial charge on any atom is -0.497 e. The Morgan fingerprint density at radius 3 is 2.23 bits per heavy atom. The fourth-order valence-electron chi connectivity index (χ4n) is 5.12. The SMILES string of the molecule is COc1ccc(N[C@H]([C@@H](C)C(=O)O[C@@H]2C[C@H](C)CC[C@H]2C(C)(C)c2ccccc2)C(F)(F)F)cc1. The number of rotatable bonds is 8. The number of methoxy groups -OCH3 is 1. The van der Waals surface area contributed by atoms with Crippen molar-refractivity contribution < 1.29 is 27.4 Å². The minimum absolute atomic E-state index is 0.0103. The van der Waals surface area contributed by atoms with Crippen LogP contribution in [0.5, 0.6) is 5.75 Å². The molecule has 7 heteroatoms. The first-order chi connectivity index (χ1) is 16.4. The molecule has 192 valence electrons. The second-order valence-corrected chi connectivity index (χ2v) is 10.3. The number of hydrogen-bond acceptors (Lipinski definition) is 4. The molecule has 0 unspecified atom stereocenters. The Morgan fingerprint density at radius 2 is 1.66 bits per heavy atom. The van der Waals surface area contributed by atoms with Crippen LogP contribution < -0.4 is 10.1 Å². The molecule has 0 heterocycles. The van der Waals surface area contributed by atoms with Crippen molar-refractivity contribution in [2.24, 2.45) is 17.8 Å². The standard InChI is InChI=1S/C28H36F3NO3/c1-18-11-16-23(27(3,4)20-9-7-6-8-10-20)24(17-18)35-26(33)19(2)25(28(29,30)31)32-21-12-14-22(34-5)15-13-21/h6-10,12-15,18-19,23-25,32H,11,16-17H2,1-5H3/t18-,19-,23-,24-,25-/m1/s1. The lowest BCUT2D eigenvalue weighted by atomic mass is 9.64. The van der Waals surface area contributed by atoms with Gasteiger partial charge >= 0.3 is 12.1 Å². The van der Waals surface area contributed by atoms with Crippen molar-refractivity contribution >= 4 is 11.7 Å². The van der Waals surface area contributed by atoms with Gasteiger partial charge in [-0.15, -0.1) is 0 Å². The van der Waals surface area contributed by atoms with Crippen LogP contribution in [0.1, 0.15) is 52.5 Å². The zero-order valence-corrected chi connectivity index (χ0v) is 21.1. The lowest BCUT2D eigenvalue weighted by Gasteiger charge is -2.44. The molecule has 5 atom stereocenters. The number of ether oxygens (including phenoxy) is 2. The van der Waals surface area contributed by atoms with Crippen molar-refractivity contribution in [3.8, 4) is 5.75 Å².